The van der Waals surface area contributed by atoms with Crippen LogP contribution < -0.4 is 4.74 Å². The van der Waals surface area contributed by atoms with Crippen LogP contribution >= 0.6 is 0 Å². The van der Waals surface area contributed by atoms with E-state index in [-0.39, 0.29) is 23.7 Å². The Morgan fingerprint density at radius 1 is 1.18 bits per heavy atom. The summed E-state index contributed by atoms with van der Waals surface area (Å²) in [5, 5.41) is 22.0. The molecule has 0 saturated heterocycles. The molecule has 0 spiro atoms. The van der Waals surface area contributed by atoms with Crippen molar-refractivity contribution < 1.29 is 27.9 Å². The number of nitro benzene ring substituents is 1. The van der Waals surface area contributed by atoms with Gasteiger partial charge in [0.25, 0.3) is 5.69 Å². The lowest BCUT2D eigenvalue weighted by Gasteiger charge is -2.31. The zero-order chi connectivity index (χ0) is 23.8. The normalized spacial score (nSPS) is 16.8. The lowest BCUT2D eigenvalue weighted by atomic mass is 9.99. The van der Waals surface area contributed by atoms with Crippen LogP contribution in [0.2, 0.25) is 0 Å². The highest BCUT2D eigenvalue weighted by Gasteiger charge is 2.32. The van der Waals surface area contributed by atoms with Gasteiger partial charge in [0.15, 0.2) is 11.5 Å². The van der Waals surface area contributed by atoms with E-state index in [1.807, 2.05) is 23.2 Å². The van der Waals surface area contributed by atoms with Gasteiger partial charge in [-0.2, -0.15) is 13.2 Å². The Hall–Kier alpha value is -3.53. The van der Waals surface area contributed by atoms with E-state index in [9.17, 15) is 28.4 Å². The number of aryl methyl sites for hydroxylation is 1. The van der Waals surface area contributed by atoms with Gasteiger partial charge in [0, 0.05) is 43.2 Å². The van der Waals surface area contributed by atoms with E-state index in [0.717, 1.165) is 36.9 Å². The Labute approximate surface area is 187 Å². The summed E-state index contributed by atoms with van der Waals surface area (Å²) in [4.78, 5) is 12.8. The van der Waals surface area contributed by atoms with Crippen molar-refractivity contribution in [3.8, 4) is 11.5 Å². The van der Waals surface area contributed by atoms with Crippen LogP contribution in [-0.4, -0.2) is 33.2 Å². The molecule has 1 N–H and O–H groups in total. The fraction of sp³-hybridized carbons (Fsp3) is 0.304. The van der Waals surface area contributed by atoms with Crippen LogP contribution in [0, 0.1) is 10.1 Å². The Kier molecular flexibility index (Phi) is 6.03. The second kappa shape index (κ2) is 8.78. The molecule has 0 unspecified atom stereocenters. The highest BCUT2D eigenvalue weighted by molar-refractivity contribution is 5.53. The van der Waals surface area contributed by atoms with Gasteiger partial charge in [0.1, 0.15) is 0 Å². The molecule has 3 aromatic rings. The van der Waals surface area contributed by atoms with Gasteiger partial charge in [0.05, 0.1) is 29.7 Å². The quantitative estimate of drug-likeness (QED) is 0.421. The zero-order valence-electron chi connectivity index (χ0n) is 17.7. The number of halogens is 3. The maximum Gasteiger partial charge on any atom is 0.416 e. The number of ether oxygens (including phenoxy) is 1. The van der Waals surface area contributed by atoms with Crippen LogP contribution in [0.1, 0.15) is 34.8 Å². The molecule has 0 bridgehead atoms. The van der Waals surface area contributed by atoms with Gasteiger partial charge >= 0.3 is 6.18 Å². The number of aromatic nitrogens is 1. The molecule has 7 nitrogen and oxygen atoms in total. The molecule has 0 saturated carbocycles. The molecule has 10 heteroatoms. The van der Waals surface area contributed by atoms with Crippen LogP contribution in [0.5, 0.6) is 11.5 Å². The molecule has 174 valence electrons. The number of hydrogen-bond donors (Lipinski definition) is 1. The van der Waals surface area contributed by atoms with Crippen molar-refractivity contribution in [2.24, 2.45) is 0 Å². The van der Waals surface area contributed by atoms with Crippen LogP contribution in [0.3, 0.4) is 0 Å². The lowest BCUT2D eigenvalue weighted by molar-refractivity contribution is -0.385. The molecule has 1 atom stereocenters. The van der Waals surface area contributed by atoms with Crippen molar-refractivity contribution in [2.75, 3.05) is 13.7 Å². The highest BCUT2D eigenvalue weighted by Crippen LogP contribution is 2.39. The number of non-ortho nitro benzene ring substituents is 1. The van der Waals surface area contributed by atoms with Crippen LogP contribution in [0.15, 0.2) is 54.7 Å². The van der Waals surface area contributed by atoms with E-state index in [2.05, 4.69) is 4.57 Å². The van der Waals surface area contributed by atoms with Gasteiger partial charge in [-0.05, 0) is 36.2 Å². The first kappa shape index (κ1) is 22.7. The number of hydrogen-bond acceptors (Lipinski definition) is 5. The molecule has 1 aromatic heterocycles. The Morgan fingerprint density at radius 2 is 1.91 bits per heavy atom. The number of fused-ring (bicyclic) bond motifs is 1. The maximum absolute atomic E-state index is 13.1. The third kappa shape index (κ3) is 4.51. The number of rotatable bonds is 5. The molecular formula is C23H22F3N3O4. The summed E-state index contributed by atoms with van der Waals surface area (Å²) in [6, 6.07) is 10.9. The number of nitro groups is 1. The number of phenolic OH excluding ortho intramolecular Hbond substituents is 1. The third-order valence-corrected chi connectivity index (χ3v) is 5.85. The molecule has 0 radical (unpaired) electrons. The number of nitrogens with zero attached hydrogens (tertiary/aromatic N) is 3. The van der Waals surface area contributed by atoms with Crippen LogP contribution in [0.25, 0.3) is 0 Å². The fourth-order valence-electron chi connectivity index (χ4n) is 4.30. The molecule has 33 heavy (non-hydrogen) atoms. The summed E-state index contributed by atoms with van der Waals surface area (Å²) in [6.45, 7) is 1.43. The van der Waals surface area contributed by atoms with E-state index in [4.69, 9.17) is 4.74 Å². The summed E-state index contributed by atoms with van der Waals surface area (Å²) in [5.41, 5.74) is 0.899. The van der Waals surface area contributed by atoms with Crippen molar-refractivity contribution in [1.29, 1.82) is 0 Å². The Morgan fingerprint density at radius 3 is 2.55 bits per heavy atom. The first-order chi connectivity index (χ1) is 15.7. The monoisotopic (exact) mass is 461 g/mol. The number of benzene rings is 2. The summed E-state index contributed by atoms with van der Waals surface area (Å²) >= 11 is 0. The topological polar surface area (TPSA) is 80.8 Å². The van der Waals surface area contributed by atoms with Gasteiger partial charge < -0.3 is 14.4 Å². The first-order valence-corrected chi connectivity index (χ1v) is 10.3. The minimum Gasteiger partial charge on any atom is -0.504 e. The molecule has 1 aliphatic rings. The predicted molar refractivity (Wildman–Crippen MR) is 114 cm³/mol. The first-order valence-electron chi connectivity index (χ1n) is 10.3. The molecule has 2 aromatic carbocycles. The van der Waals surface area contributed by atoms with Crippen molar-refractivity contribution in [1.82, 2.24) is 9.47 Å². The van der Waals surface area contributed by atoms with Gasteiger partial charge in [-0.3, -0.25) is 15.0 Å². The number of methoxy groups -OCH3 is 1. The molecular weight excluding hydrogens is 439 g/mol. The predicted octanol–water partition coefficient (Wildman–Crippen LogP) is 5.12. The van der Waals surface area contributed by atoms with E-state index in [0.29, 0.717) is 17.7 Å². The van der Waals surface area contributed by atoms with Crippen molar-refractivity contribution in [3.05, 3.63) is 87.2 Å². The maximum atomic E-state index is 13.1. The molecule has 4 rings (SSSR count). The van der Waals surface area contributed by atoms with E-state index in [1.54, 1.807) is 0 Å². The van der Waals surface area contributed by atoms with Crippen molar-refractivity contribution in [2.45, 2.75) is 31.7 Å². The van der Waals surface area contributed by atoms with Crippen LogP contribution in [0.4, 0.5) is 18.9 Å². The Balaban J connectivity index is 1.77. The van der Waals surface area contributed by atoms with Crippen molar-refractivity contribution >= 4 is 5.69 Å². The second-order valence-corrected chi connectivity index (χ2v) is 7.89. The molecule has 0 fully saturated rings. The standard InChI is InChI=1S/C23H22F3N3O4/c1-33-20-13-18(29(31)32)12-16(22(20)30)14-28-11-3-10-27-9-2-4-19(27)21(28)15-5-7-17(8-6-15)23(24,25)26/h2,4-9,12-13,21,30H,3,10-11,14H2,1H3/t21-/m1/s1. The minimum absolute atomic E-state index is 0.0107. The largest absolute Gasteiger partial charge is 0.504 e. The summed E-state index contributed by atoms with van der Waals surface area (Å²) in [7, 11) is 1.31. The number of aromatic hydroxyl groups is 1. The van der Waals surface area contributed by atoms with Gasteiger partial charge in [0.2, 0.25) is 0 Å². The highest BCUT2D eigenvalue weighted by atomic mass is 19.4. The molecule has 0 amide bonds. The SMILES string of the molecule is COc1cc([N+](=O)[O-])cc(CN2CCCn3cccc3[C@H]2c2ccc(C(F)(F)F)cc2)c1O. The number of phenols is 1. The minimum atomic E-state index is -4.44. The van der Waals surface area contributed by atoms with Gasteiger partial charge in [-0.15, -0.1) is 0 Å². The van der Waals surface area contributed by atoms with Crippen molar-refractivity contribution in [3.63, 3.8) is 0 Å². The van der Waals surface area contributed by atoms with E-state index < -0.39 is 22.7 Å². The Bertz CT molecular complexity index is 1160. The summed E-state index contributed by atoms with van der Waals surface area (Å²) < 4.78 is 46.4. The average molecular weight is 461 g/mol. The molecule has 0 aliphatic carbocycles. The van der Waals surface area contributed by atoms with Gasteiger partial charge in [-0.1, -0.05) is 12.1 Å². The third-order valence-electron chi connectivity index (χ3n) is 5.85. The van der Waals surface area contributed by atoms with E-state index >= 15 is 0 Å². The summed E-state index contributed by atoms with van der Waals surface area (Å²) in [5.74, 6) is -0.211. The van der Waals surface area contributed by atoms with Crippen LogP contribution in [-0.2, 0) is 19.3 Å². The zero-order valence-corrected chi connectivity index (χ0v) is 17.7. The molecule has 1 aliphatic heterocycles. The average Bonchev–Trinajstić information content (AvgIpc) is 3.15. The molecule has 2 heterocycles. The number of alkyl halides is 3. The lowest BCUT2D eigenvalue weighted by Crippen LogP contribution is -2.29. The van der Waals surface area contributed by atoms with Gasteiger partial charge in [-0.25, -0.2) is 0 Å². The fourth-order valence-corrected chi connectivity index (χ4v) is 4.30. The smallest absolute Gasteiger partial charge is 0.416 e. The van der Waals surface area contributed by atoms with E-state index in [1.165, 1.54) is 25.3 Å². The summed E-state index contributed by atoms with van der Waals surface area (Å²) in [6.07, 6.45) is -1.76. The second-order valence-electron chi connectivity index (χ2n) is 7.89.